The average Bonchev–Trinajstić information content (AvgIpc) is 2.81. The summed E-state index contributed by atoms with van der Waals surface area (Å²) in [4.78, 5) is 2.46. The molecule has 2 aromatic carbocycles. The van der Waals surface area contributed by atoms with Gasteiger partial charge >= 0.3 is 0 Å². The maximum absolute atomic E-state index is 9.85. The van der Waals surface area contributed by atoms with E-state index in [0.717, 1.165) is 72.9 Å². The lowest BCUT2D eigenvalue weighted by atomic mass is 9.92. The van der Waals surface area contributed by atoms with Gasteiger partial charge in [0.25, 0.3) is 0 Å². The van der Waals surface area contributed by atoms with E-state index >= 15 is 0 Å². The van der Waals surface area contributed by atoms with Crippen molar-refractivity contribution >= 4 is 29.3 Å². The SMILES string of the molecule is Cc1cc(/C=C/c2cccc(C3=CCCC=C3)c2C#N)c(Cl)cc1CN1CCNCC1. The number of hydrogen-bond acceptors (Lipinski definition) is 3. The molecule has 0 amide bonds. The quantitative estimate of drug-likeness (QED) is 0.608. The van der Waals surface area contributed by atoms with Gasteiger partial charge in [-0.1, -0.05) is 66.2 Å². The molecule has 0 unspecified atom stereocenters. The van der Waals surface area contributed by atoms with Gasteiger partial charge < -0.3 is 5.32 Å². The van der Waals surface area contributed by atoms with Crippen LogP contribution in [0.1, 0.15) is 46.2 Å². The van der Waals surface area contributed by atoms with Crippen LogP contribution in [0.3, 0.4) is 0 Å². The van der Waals surface area contributed by atoms with E-state index in [0.29, 0.717) is 5.56 Å². The highest BCUT2D eigenvalue weighted by molar-refractivity contribution is 6.32. The van der Waals surface area contributed by atoms with Crippen molar-refractivity contribution in [2.24, 2.45) is 0 Å². The third-order valence-electron chi connectivity index (χ3n) is 6.02. The second-order valence-electron chi connectivity index (χ2n) is 8.18. The Hall–Kier alpha value is -2.64. The van der Waals surface area contributed by atoms with E-state index in [1.807, 2.05) is 30.4 Å². The monoisotopic (exact) mass is 429 g/mol. The molecule has 0 atom stereocenters. The molecule has 2 aromatic rings. The number of allylic oxidation sites excluding steroid dienone is 4. The van der Waals surface area contributed by atoms with Gasteiger partial charge in [0.15, 0.2) is 0 Å². The average molecular weight is 430 g/mol. The molecular weight excluding hydrogens is 402 g/mol. The van der Waals surface area contributed by atoms with Crippen molar-refractivity contribution < 1.29 is 0 Å². The normalized spacial score (nSPS) is 17.0. The van der Waals surface area contributed by atoms with E-state index in [1.165, 1.54) is 11.1 Å². The van der Waals surface area contributed by atoms with Gasteiger partial charge in [-0.25, -0.2) is 0 Å². The number of nitriles is 1. The molecule has 4 rings (SSSR count). The molecule has 1 aliphatic heterocycles. The number of benzene rings is 2. The van der Waals surface area contributed by atoms with Gasteiger partial charge in [-0.2, -0.15) is 5.26 Å². The molecule has 0 saturated carbocycles. The summed E-state index contributed by atoms with van der Waals surface area (Å²) in [7, 11) is 0. The van der Waals surface area contributed by atoms with Gasteiger partial charge in [-0.3, -0.25) is 4.90 Å². The van der Waals surface area contributed by atoms with Crippen LogP contribution >= 0.6 is 11.6 Å². The Morgan fingerprint density at radius 2 is 1.94 bits per heavy atom. The zero-order chi connectivity index (χ0) is 21.6. The predicted molar refractivity (Wildman–Crippen MR) is 131 cm³/mol. The van der Waals surface area contributed by atoms with E-state index in [-0.39, 0.29) is 0 Å². The van der Waals surface area contributed by atoms with Crippen molar-refractivity contribution in [3.05, 3.63) is 87.0 Å². The van der Waals surface area contributed by atoms with Crippen LogP contribution in [-0.2, 0) is 6.54 Å². The van der Waals surface area contributed by atoms with Crippen LogP contribution in [0.5, 0.6) is 0 Å². The Morgan fingerprint density at radius 1 is 1.13 bits per heavy atom. The van der Waals surface area contributed by atoms with E-state index < -0.39 is 0 Å². The number of nitrogens with zero attached hydrogens (tertiary/aromatic N) is 2. The molecule has 1 N–H and O–H groups in total. The number of aryl methyl sites for hydroxylation is 1. The number of rotatable bonds is 5. The van der Waals surface area contributed by atoms with E-state index in [2.05, 4.69) is 53.6 Å². The molecule has 1 aliphatic carbocycles. The summed E-state index contributed by atoms with van der Waals surface area (Å²) in [6.45, 7) is 7.30. The molecular formula is C27H28ClN3. The third-order valence-corrected chi connectivity index (χ3v) is 6.34. The smallest absolute Gasteiger partial charge is 0.100 e. The van der Waals surface area contributed by atoms with Crippen LogP contribution < -0.4 is 5.32 Å². The molecule has 1 heterocycles. The summed E-state index contributed by atoms with van der Waals surface area (Å²) >= 11 is 6.65. The molecule has 31 heavy (non-hydrogen) atoms. The Kier molecular flexibility index (Phi) is 7.04. The number of piperazine rings is 1. The summed E-state index contributed by atoms with van der Waals surface area (Å²) in [5.74, 6) is 0. The van der Waals surface area contributed by atoms with Gasteiger partial charge in [0, 0.05) is 37.7 Å². The summed E-state index contributed by atoms with van der Waals surface area (Å²) in [6.07, 6.45) is 12.6. The molecule has 0 spiro atoms. The van der Waals surface area contributed by atoms with Crippen molar-refractivity contribution in [1.29, 1.82) is 5.26 Å². The van der Waals surface area contributed by atoms with Crippen LogP contribution in [0.2, 0.25) is 5.02 Å². The Labute approximate surface area is 190 Å². The van der Waals surface area contributed by atoms with Crippen molar-refractivity contribution in [3.8, 4) is 6.07 Å². The zero-order valence-electron chi connectivity index (χ0n) is 18.0. The zero-order valence-corrected chi connectivity index (χ0v) is 18.8. The first-order valence-electron chi connectivity index (χ1n) is 11.0. The maximum Gasteiger partial charge on any atom is 0.100 e. The second kappa shape index (κ2) is 10.1. The highest BCUT2D eigenvalue weighted by atomic mass is 35.5. The minimum absolute atomic E-state index is 0.708. The molecule has 2 aliphatic rings. The fourth-order valence-electron chi connectivity index (χ4n) is 4.22. The van der Waals surface area contributed by atoms with Crippen LogP contribution in [0.4, 0.5) is 0 Å². The lowest BCUT2D eigenvalue weighted by molar-refractivity contribution is 0.233. The molecule has 0 radical (unpaired) electrons. The Balaban J connectivity index is 1.58. The van der Waals surface area contributed by atoms with E-state index in [9.17, 15) is 5.26 Å². The lowest BCUT2D eigenvalue weighted by Gasteiger charge is -2.28. The third kappa shape index (κ3) is 5.17. The molecule has 1 saturated heterocycles. The first-order valence-corrected chi connectivity index (χ1v) is 11.3. The van der Waals surface area contributed by atoms with Crippen LogP contribution in [0, 0.1) is 18.3 Å². The van der Waals surface area contributed by atoms with Crippen molar-refractivity contribution in [1.82, 2.24) is 10.2 Å². The first-order chi connectivity index (χ1) is 15.2. The Morgan fingerprint density at radius 3 is 2.68 bits per heavy atom. The van der Waals surface area contributed by atoms with Gasteiger partial charge in [0.05, 0.1) is 5.56 Å². The topological polar surface area (TPSA) is 39.1 Å². The van der Waals surface area contributed by atoms with E-state index in [1.54, 1.807) is 0 Å². The van der Waals surface area contributed by atoms with Crippen molar-refractivity contribution in [3.63, 3.8) is 0 Å². The summed E-state index contributed by atoms with van der Waals surface area (Å²) < 4.78 is 0. The predicted octanol–water partition coefficient (Wildman–Crippen LogP) is 5.83. The summed E-state index contributed by atoms with van der Waals surface area (Å²) in [6, 6.07) is 12.7. The summed E-state index contributed by atoms with van der Waals surface area (Å²) in [5, 5.41) is 14.0. The fourth-order valence-corrected chi connectivity index (χ4v) is 4.47. The maximum atomic E-state index is 9.85. The molecule has 1 fully saturated rings. The molecule has 158 valence electrons. The summed E-state index contributed by atoms with van der Waals surface area (Å²) in [5.41, 5.74) is 7.25. The van der Waals surface area contributed by atoms with Gasteiger partial charge in [0.2, 0.25) is 0 Å². The van der Waals surface area contributed by atoms with Gasteiger partial charge in [-0.05, 0) is 59.2 Å². The number of hydrogen-bond donors (Lipinski definition) is 1. The highest BCUT2D eigenvalue weighted by Gasteiger charge is 2.13. The molecule has 3 nitrogen and oxygen atoms in total. The molecule has 0 bridgehead atoms. The van der Waals surface area contributed by atoms with Crippen molar-refractivity contribution in [2.75, 3.05) is 26.2 Å². The van der Waals surface area contributed by atoms with Crippen LogP contribution in [0.15, 0.2) is 48.6 Å². The van der Waals surface area contributed by atoms with Crippen molar-refractivity contribution in [2.45, 2.75) is 26.3 Å². The molecule has 4 heteroatoms. The molecule has 0 aromatic heterocycles. The van der Waals surface area contributed by atoms with Crippen LogP contribution in [0.25, 0.3) is 17.7 Å². The van der Waals surface area contributed by atoms with Crippen LogP contribution in [-0.4, -0.2) is 31.1 Å². The standard InChI is InChI=1S/C27H28ClN3/c1-20-16-23(27(28)17-24(20)19-31-14-12-30-13-15-31)11-10-22-8-5-9-25(26(22)18-29)21-6-3-2-4-7-21/h3,5-11,16-17,30H,2,4,12-15,19H2,1H3/b11-10+. The number of nitrogens with one attached hydrogen (secondary N) is 1. The minimum Gasteiger partial charge on any atom is -0.314 e. The number of halogens is 1. The van der Waals surface area contributed by atoms with Gasteiger partial charge in [0.1, 0.15) is 6.07 Å². The Bertz CT molecular complexity index is 1080. The van der Waals surface area contributed by atoms with E-state index in [4.69, 9.17) is 11.6 Å². The highest BCUT2D eigenvalue weighted by Crippen LogP contribution is 2.29. The second-order valence-corrected chi connectivity index (χ2v) is 8.59. The lowest BCUT2D eigenvalue weighted by Crippen LogP contribution is -2.43. The first kappa shape index (κ1) is 21.6. The fraction of sp³-hybridized carbons (Fsp3) is 0.296. The minimum atomic E-state index is 0.708. The van der Waals surface area contributed by atoms with Gasteiger partial charge in [-0.15, -0.1) is 0 Å². The largest absolute Gasteiger partial charge is 0.314 e.